The number of rotatable bonds is 6. The number of phenolic OH excluding ortho intramolecular Hbond substituents is 1. The van der Waals surface area contributed by atoms with Gasteiger partial charge in [-0.15, -0.1) is 11.3 Å². The van der Waals surface area contributed by atoms with Crippen LogP contribution in [0.4, 0.5) is 5.13 Å². The number of aromatic nitrogens is 3. The molecule has 33 heavy (non-hydrogen) atoms. The van der Waals surface area contributed by atoms with Gasteiger partial charge >= 0.3 is 5.97 Å². The van der Waals surface area contributed by atoms with Crippen molar-refractivity contribution in [2.24, 2.45) is 0 Å². The number of ether oxygens (including phenoxy) is 1. The van der Waals surface area contributed by atoms with Crippen molar-refractivity contribution in [2.45, 2.75) is 19.9 Å². The summed E-state index contributed by atoms with van der Waals surface area (Å²) in [6.45, 7) is 1.32. The SMILES string of the molecule is COC(=O)c1nc(NC(=O)Cn2c(C)nc3ccc(O)cc3c2=O)sc1Cc1ccccc1. The summed E-state index contributed by atoms with van der Waals surface area (Å²) < 4.78 is 6.05. The van der Waals surface area contributed by atoms with E-state index in [0.717, 1.165) is 5.56 Å². The Balaban J connectivity index is 1.59. The van der Waals surface area contributed by atoms with Crippen molar-refractivity contribution < 1.29 is 19.4 Å². The summed E-state index contributed by atoms with van der Waals surface area (Å²) in [5, 5.41) is 12.8. The van der Waals surface area contributed by atoms with Crippen molar-refractivity contribution in [3.05, 3.63) is 80.8 Å². The highest BCUT2D eigenvalue weighted by atomic mass is 32.1. The molecule has 2 aromatic carbocycles. The third kappa shape index (κ3) is 4.75. The van der Waals surface area contributed by atoms with Crippen LogP contribution in [-0.4, -0.2) is 38.6 Å². The number of amides is 1. The van der Waals surface area contributed by atoms with Crippen LogP contribution in [0.5, 0.6) is 5.75 Å². The van der Waals surface area contributed by atoms with Gasteiger partial charge in [0.05, 0.1) is 18.0 Å². The molecule has 2 aromatic heterocycles. The van der Waals surface area contributed by atoms with E-state index in [1.165, 1.54) is 35.1 Å². The number of methoxy groups -OCH3 is 1. The van der Waals surface area contributed by atoms with Crippen LogP contribution >= 0.6 is 11.3 Å². The fourth-order valence-corrected chi connectivity index (χ4v) is 4.37. The number of aromatic hydroxyl groups is 1. The molecule has 0 atom stereocenters. The first-order valence-electron chi connectivity index (χ1n) is 9.97. The van der Waals surface area contributed by atoms with Crippen LogP contribution in [0.2, 0.25) is 0 Å². The molecule has 2 heterocycles. The molecule has 9 nitrogen and oxygen atoms in total. The van der Waals surface area contributed by atoms with E-state index >= 15 is 0 Å². The second kappa shape index (κ2) is 9.21. The molecule has 4 rings (SSSR count). The Bertz CT molecular complexity index is 1410. The van der Waals surface area contributed by atoms with Crippen molar-refractivity contribution in [2.75, 3.05) is 12.4 Å². The van der Waals surface area contributed by atoms with Gasteiger partial charge in [0.25, 0.3) is 5.56 Å². The molecular weight excluding hydrogens is 444 g/mol. The number of nitrogens with zero attached hydrogens (tertiary/aromatic N) is 3. The van der Waals surface area contributed by atoms with Gasteiger partial charge in [-0.25, -0.2) is 14.8 Å². The molecule has 1 amide bonds. The van der Waals surface area contributed by atoms with Crippen LogP contribution < -0.4 is 10.9 Å². The van der Waals surface area contributed by atoms with Gasteiger partial charge in [-0.1, -0.05) is 30.3 Å². The largest absolute Gasteiger partial charge is 0.508 e. The minimum Gasteiger partial charge on any atom is -0.508 e. The number of fused-ring (bicyclic) bond motifs is 1. The van der Waals surface area contributed by atoms with Crippen LogP contribution in [0.25, 0.3) is 10.9 Å². The van der Waals surface area contributed by atoms with Gasteiger partial charge in [-0.05, 0) is 30.7 Å². The van der Waals surface area contributed by atoms with E-state index in [4.69, 9.17) is 4.74 Å². The first kappa shape index (κ1) is 22.2. The van der Waals surface area contributed by atoms with Crippen LogP contribution in [-0.2, 0) is 22.5 Å². The molecule has 168 valence electrons. The quantitative estimate of drug-likeness (QED) is 0.421. The van der Waals surface area contributed by atoms with Crippen molar-refractivity contribution in [3.8, 4) is 5.75 Å². The zero-order chi connectivity index (χ0) is 23.5. The number of hydrogen-bond donors (Lipinski definition) is 2. The van der Waals surface area contributed by atoms with E-state index in [1.54, 1.807) is 13.0 Å². The summed E-state index contributed by atoms with van der Waals surface area (Å²) >= 11 is 1.17. The maximum Gasteiger partial charge on any atom is 0.357 e. The van der Waals surface area contributed by atoms with Crippen LogP contribution in [0, 0.1) is 6.92 Å². The highest BCUT2D eigenvalue weighted by molar-refractivity contribution is 7.16. The van der Waals surface area contributed by atoms with Crippen LogP contribution in [0.1, 0.15) is 26.8 Å². The lowest BCUT2D eigenvalue weighted by molar-refractivity contribution is -0.116. The molecule has 2 N–H and O–H groups in total. The molecule has 0 saturated heterocycles. The van der Waals surface area contributed by atoms with Gasteiger partial charge in [0.15, 0.2) is 10.8 Å². The summed E-state index contributed by atoms with van der Waals surface area (Å²) in [6.07, 6.45) is 0.454. The monoisotopic (exact) mass is 464 g/mol. The fraction of sp³-hybridized carbons (Fsp3) is 0.174. The van der Waals surface area contributed by atoms with Crippen molar-refractivity contribution in [3.63, 3.8) is 0 Å². The number of hydrogen-bond acceptors (Lipinski definition) is 8. The third-order valence-electron chi connectivity index (χ3n) is 4.96. The number of thiazole rings is 1. The number of esters is 1. The van der Waals surface area contributed by atoms with Crippen LogP contribution in [0.15, 0.2) is 53.3 Å². The Morgan fingerprint density at radius 3 is 2.64 bits per heavy atom. The number of carbonyl (C=O) groups excluding carboxylic acids is 2. The van der Waals surface area contributed by atoms with E-state index in [-0.39, 0.29) is 28.5 Å². The minimum atomic E-state index is -0.594. The first-order valence-corrected chi connectivity index (χ1v) is 10.8. The Morgan fingerprint density at radius 2 is 1.91 bits per heavy atom. The molecule has 0 spiro atoms. The fourth-order valence-electron chi connectivity index (χ4n) is 3.37. The van der Waals surface area contributed by atoms with Crippen molar-refractivity contribution in [1.29, 1.82) is 0 Å². The summed E-state index contributed by atoms with van der Waals surface area (Å²) in [4.78, 5) is 47.0. The number of aryl methyl sites for hydroxylation is 1. The van der Waals surface area contributed by atoms with E-state index in [9.17, 15) is 19.5 Å². The summed E-state index contributed by atoms with van der Waals surface area (Å²) in [7, 11) is 1.27. The van der Waals surface area contributed by atoms with E-state index in [1.807, 2.05) is 30.3 Å². The lowest BCUT2D eigenvalue weighted by atomic mass is 10.1. The zero-order valence-corrected chi connectivity index (χ0v) is 18.7. The van der Waals surface area contributed by atoms with Crippen LogP contribution in [0.3, 0.4) is 0 Å². The molecular formula is C23H20N4O5S. The van der Waals surface area contributed by atoms with Crippen molar-refractivity contribution in [1.82, 2.24) is 14.5 Å². The van der Waals surface area contributed by atoms with E-state index < -0.39 is 17.4 Å². The Kier molecular flexibility index (Phi) is 6.18. The third-order valence-corrected chi connectivity index (χ3v) is 5.93. The first-order chi connectivity index (χ1) is 15.9. The van der Waals surface area contributed by atoms with E-state index in [2.05, 4.69) is 15.3 Å². The number of carbonyl (C=O) groups is 2. The maximum atomic E-state index is 12.8. The minimum absolute atomic E-state index is 0.0645. The number of anilines is 1. The molecule has 0 radical (unpaired) electrons. The molecule has 10 heteroatoms. The summed E-state index contributed by atoms with van der Waals surface area (Å²) in [5.41, 5.74) is 1.11. The number of nitrogens with one attached hydrogen (secondary N) is 1. The lowest BCUT2D eigenvalue weighted by Gasteiger charge is -2.10. The lowest BCUT2D eigenvalue weighted by Crippen LogP contribution is -2.30. The molecule has 0 aliphatic carbocycles. The smallest absolute Gasteiger partial charge is 0.357 e. The highest BCUT2D eigenvalue weighted by Gasteiger charge is 2.21. The van der Waals surface area contributed by atoms with Gasteiger partial charge in [-0.3, -0.25) is 14.2 Å². The number of benzene rings is 2. The zero-order valence-electron chi connectivity index (χ0n) is 17.9. The molecule has 0 aliphatic heterocycles. The number of phenols is 1. The highest BCUT2D eigenvalue weighted by Crippen LogP contribution is 2.26. The van der Waals surface area contributed by atoms with Crippen molar-refractivity contribution >= 4 is 39.2 Å². The van der Waals surface area contributed by atoms with E-state index in [0.29, 0.717) is 22.6 Å². The normalized spacial score (nSPS) is 10.8. The van der Waals surface area contributed by atoms with Gasteiger partial charge in [0, 0.05) is 11.3 Å². The van der Waals surface area contributed by atoms with Gasteiger partial charge in [0.2, 0.25) is 5.91 Å². The standard InChI is InChI=1S/C23H20N4O5S/c1-13-24-17-9-8-15(28)11-16(17)21(30)27(13)12-19(29)25-23-26-20(22(31)32-2)18(33-23)10-14-6-4-3-5-7-14/h3-9,11,28H,10,12H2,1-2H3,(H,25,26,29). The van der Waals surface area contributed by atoms with Gasteiger partial charge in [-0.2, -0.15) is 0 Å². The second-order valence-corrected chi connectivity index (χ2v) is 8.33. The maximum absolute atomic E-state index is 12.8. The predicted molar refractivity (Wildman–Crippen MR) is 124 cm³/mol. The average Bonchev–Trinajstić information content (AvgIpc) is 3.19. The average molecular weight is 465 g/mol. The van der Waals surface area contributed by atoms with Gasteiger partial charge < -0.3 is 15.2 Å². The summed E-state index contributed by atoms with van der Waals surface area (Å²) in [6, 6.07) is 13.9. The Morgan fingerprint density at radius 1 is 1.15 bits per heavy atom. The molecule has 0 aliphatic rings. The topological polar surface area (TPSA) is 123 Å². The Labute approximate surface area is 192 Å². The predicted octanol–water partition coefficient (Wildman–Crippen LogP) is 2.88. The molecule has 0 unspecified atom stereocenters. The molecule has 0 saturated carbocycles. The second-order valence-electron chi connectivity index (χ2n) is 7.24. The molecule has 0 bridgehead atoms. The molecule has 4 aromatic rings. The molecule has 0 fully saturated rings. The summed E-state index contributed by atoms with van der Waals surface area (Å²) in [5.74, 6) is -0.806. The van der Waals surface area contributed by atoms with Gasteiger partial charge in [0.1, 0.15) is 18.1 Å². The Hall–Kier alpha value is -4.05.